The Morgan fingerprint density at radius 1 is 1.04 bits per heavy atom. The Bertz CT molecular complexity index is 822. The third kappa shape index (κ3) is 4.33. The lowest BCUT2D eigenvalue weighted by Crippen LogP contribution is -2.88. The zero-order valence-corrected chi connectivity index (χ0v) is 15.6. The van der Waals surface area contributed by atoms with Gasteiger partial charge < -0.3 is 15.1 Å². The van der Waals surface area contributed by atoms with Crippen LogP contribution in [0, 0.1) is 5.92 Å². The summed E-state index contributed by atoms with van der Waals surface area (Å²) in [5.41, 5.74) is 2.10. The van der Waals surface area contributed by atoms with Crippen molar-refractivity contribution >= 4 is 16.9 Å². The fourth-order valence-electron chi connectivity index (χ4n) is 3.29. The van der Waals surface area contributed by atoms with E-state index in [0.717, 1.165) is 16.7 Å². The van der Waals surface area contributed by atoms with Gasteiger partial charge in [-0.3, -0.25) is 4.79 Å². The zero-order chi connectivity index (χ0) is 18.5. The molecule has 2 atom stereocenters. The molecule has 0 saturated carbocycles. The van der Waals surface area contributed by atoms with Crippen molar-refractivity contribution in [2.24, 2.45) is 5.92 Å². The molecule has 26 heavy (non-hydrogen) atoms. The first-order valence-corrected chi connectivity index (χ1v) is 9.20. The van der Waals surface area contributed by atoms with Gasteiger partial charge in [0, 0.05) is 16.9 Å². The summed E-state index contributed by atoms with van der Waals surface area (Å²) >= 11 is 0. The van der Waals surface area contributed by atoms with E-state index in [1.807, 2.05) is 55.5 Å². The molecule has 3 N–H and O–H groups in total. The largest absolute Gasteiger partial charge is 0.459 e. The maximum atomic E-state index is 12.4. The summed E-state index contributed by atoms with van der Waals surface area (Å²) in [6, 6.07) is 20.3. The summed E-state index contributed by atoms with van der Waals surface area (Å²) in [4.78, 5) is 12.4. The molecule has 0 spiro atoms. The van der Waals surface area contributed by atoms with Crippen molar-refractivity contribution in [1.82, 2.24) is 5.32 Å². The molecule has 0 bridgehead atoms. The van der Waals surface area contributed by atoms with Crippen LogP contribution in [0.25, 0.3) is 11.0 Å². The molecular formula is C22H27N2O2+. The molecule has 0 radical (unpaired) electrons. The maximum Gasteiger partial charge on any atom is 0.275 e. The van der Waals surface area contributed by atoms with E-state index in [1.54, 1.807) is 0 Å². The molecule has 4 nitrogen and oxygen atoms in total. The standard InChI is InChI=1S/C22H26N2O2/c1-15(2)22(17-9-5-4-6-10-17)23-14-21(25)24-16(3)20-13-18-11-7-8-12-19(18)26-20/h4-13,15-16,22-23H,14H2,1-3H3,(H,24,25)/p+1/t16-,22+/m1/s1. The van der Waals surface area contributed by atoms with E-state index in [1.165, 1.54) is 5.56 Å². The maximum absolute atomic E-state index is 12.4. The Hall–Kier alpha value is -2.59. The lowest BCUT2D eigenvalue weighted by atomic mass is 9.96. The first kappa shape index (κ1) is 18.2. The Labute approximate surface area is 154 Å². The van der Waals surface area contributed by atoms with Gasteiger partial charge in [-0.25, -0.2) is 0 Å². The van der Waals surface area contributed by atoms with E-state index < -0.39 is 0 Å². The first-order valence-electron chi connectivity index (χ1n) is 9.20. The van der Waals surface area contributed by atoms with Gasteiger partial charge in [0.25, 0.3) is 5.91 Å². The number of hydrogen-bond donors (Lipinski definition) is 2. The SMILES string of the molecule is CC(C)[C@H]([NH2+]CC(=O)N[C@H](C)c1cc2ccccc2o1)c1ccccc1. The van der Waals surface area contributed by atoms with Gasteiger partial charge in [-0.05, 0) is 19.1 Å². The summed E-state index contributed by atoms with van der Waals surface area (Å²) < 4.78 is 5.84. The van der Waals surface area contributed by atoms with E-state index >= 15 is 0 Å². The Morgan fingerprint density at radius 3 is 2.42 bits per heavy atom. The van der Waals surface area contributed by atoms with Gasteiger partial charge in [-0.15, -0.1) is 0 Å². The predicted molar refractivity (Wildman–Crippen MR) is 104 cm³/mol. The summed E-state index contributed by atoms with van der Waals surface area (Å²) in [6.45, 7) is 6.71. The number of fused-ring (bicyclic) bond motifs is 1. The van der Waals surface area contributed by atoms with E-state index in [2.05, 4.69) is 36.6 Å². The van der Waals surface area contributed by atoms with Gasteiger partial charge in [0.15, 0.2) is 6.54 Å². The van der Waals surface area contributed by atoms with E-state index in [0.29, 0.717) is 12.5 Å². The number of benzene rings is 2. The Balaban J connectivity index is 1.59. The molecule has 0 fully saturated rings. The molecule has 1 amide bonds. The second kappa shape index (κ2) is 8.19. The lowest BCUT2D eigenvalue weighted by molar-refractivity contribution is -0.692. The minimum atomic E-state index is -0.155. The number of quaternary nitrogens is 1. The second-order valence-corrected chi connectivity index (χ2v) is 7.10. The molecule has 0 aliphatic heterocycles. The highest BCUT2D eigenvalue weighted by molar-refractivity contribution is 5.79. The lowest BCUT2D eigenvalue weighted by Gasteiger charge is -2.20. The van der Waals surface area contributed by atoms with E-state index in [9.17, 15) is 4.79 Å². The minimum Gasteiger partial charge on any atom is -0.459 e. The smallest absolute Gasteiger partial charge is 0.275 e. The number of para-hydroxylation sites is 1. The monoisotopic (exact) mass is 351 g/mol. The number of carbonyl (C=O) groups excluding carboxylic acids is 1. The van der Waals surface area contributed by atoms with Crippen molar-refractivity contribution < 1.29 is 14.5 Å². The van der Waals surface area contributed by atoms with Gasteiger partial charge in [0.05, 0.1) is 6.04 Å². The molecule has 0 unspecified atom stereocenters. The number of furan rings is 1. The molecule has 0 aliphatic carbocycles. The quantitative estimate of drug-likeness (QED) is 0.684. The summed E-state index contributed by atoms with van der Waals surface area (Å²) in [5.74, 6) is 1.24. The van der Waals surface area contributed by atoms with Gasteiger partial charge in [0.2, 0.25) is 0 Å². The van der Waals surface area contributed by atoms with Crippen LogP contribution in [0.4, 0.5) is 0 Å². The fraction of sp³-hybridized carbons (Fsp3) is 0.318. The van der Waals surface area contributed by atoms with Crippen LogP contribution >= 0.6 is 0 Å². The van der Waals surface area contributed by atoms with Crippen LogP contribution in [0.2, 0.25) is 0 Å². The third-order valence-electron chi connectivity index (χ3n) is 4.71. The minimum absolute atomic E-state index is 0.0135. The first-order chi connectivity index (χ1) is 12.5. The van der Waals surface area contributed by atoms with Crippen LogP contribution in [0.3, 0.4) is 0 Å². The van der Waals surface area contributed by atoms with Crippen molar-refractivity contribution in [3.05, 3.63) is 72.0 Å². The molecule has 1 aromatic heterocycles. The average Bonchev–Trinajstić information content (AvgIpc) is 3.07. The van der Waals surface area contributed by atoms with Crippen LogP contribution in [0.15, 0.2) is 65.1 Å². The molecular weight excluding hydrogens is 324 g/mol. The van der Waals surface area contributed by atoms with Crippen LogP contribution < -0.4 is 10.6 Å². The van der Waals surface area contributed by atoms with Crippen molar-refractivity contribution in [2.75, 3.05) is 6.54 Å². The van der Waals surface area contributed by atoms with Gasteiger partial charge in [-0.1, -0.05) is 62.4 Å². The molecule has 136 valence electrons. The van der Waals surface area contributed by atoms with Crippen molar-refractivity contribution in [3.63, 3.8) is 0 Å². The van der Waals surface area contributed by atoms with E-state index in [4.69, 9.17) is 4.42 Å². The average molecular weight is 351 g/mol. The number of hydrogen-bond acceptors (Lipinski definition) is 2. The molecule has 0 aliphatic rings. The predicted octanol–water partition coefficient (Wildman–Crippen LogP) is 3.57. The van der Waals surface area contributed by atoms with Crippen LogP contribution in [-0.2, 0) is 4.79 Å². The van der Waals surface area contributed by atoms with Gasteiger partial charge in [-0.2, -0.15) is 0 Å². The molecule has 1 heterocycles. The highest BCUT2D eigenvalue weighted by Gasteiger charge is 2.21. The number of carbonyl (C=O) groups is 1. The molecule has 3 rings (SSSR count). The highest BCUT2D eigenvalue weighted by Crippen LogP contribution is 2.23. The summed E-state index contributed by atoms with van der Waals surface area (Å²) in [5, 5.41) is 6.21. The number of nitrogens with one attached hydrogen (secondary N) is 1. The fourth-order valence-corrected chi connectivity index (χ4v) is 3.29. The number of nitrogens with two attached hydrogens (primary N) is 1. The van der Waals surface area contributed by atoms with Crippen LogP contribution in [0.5, 0.6) is 0 Å². The third-order valence-corrected chi connectivity index (χ3v) is 4.71. The van der Waals surface area contributed by atoms with Crippen LogP contribution in [-0.4, -0.2) is 12.5 Å². The van der Waals surface area contributed by atoms with E-state index in [-0.39, 0.29) is 18.0 Å². The normalized spacial score (nSPS) is 13.7. The molecule has 3 aromatic rings. The van der Waals surface area contributed by atoms with Crippen LogP contribution in [0.1, 0.15) is 44.2 Å². The second-order valence-electron chi connectivity index (χ2n) is 7.10. The Kier molecular flexibility index (Phi) is 5.74. The summed E-state index contributed by atoms with van der Waals surface area (Å²) in [6.07, 6.45) is 0. The molecule has 4 heteroatoms. The van der Waals surface area contributed by atoms with Crippen molar-refractivity contribution in [2.45, 2.75) is 32.9 Å². The number of rotatable bonds is 7. The molecule has 0 saturated heterocycles. The zero-order valence-electron chi connectivity index (χ0n) is 15.6. The number of amides is 1. The van der Waals surface area contributed by atoms with Gasteiger partial charge in [0.1, 0.15) is 17.4 Å². The van der Waals surface area contributed by atoms with Crippen molar-refractivity contribution in [3.8, 4) is 0 Å². The van der Waals surface area contributed by atoms with Crippen molar-refractivity contribution in [1.29, 1.82) is 0 Å². The highest BCUT2D eigenvalue weighted by atomic mass is 16.3. The Morgan fingerprint density at radius 2 is 1.73 bits per heavy atom. The molecule has 2 aromatic carbocycles. The summed E-state index contributed by atoms with van der Waals surface area (Å²) in [7, 11) is 0. The topological polar surface area (TPSA) is 58.9 Å². The van der Waals surface area contributed by atoms with Gasteiger partial charge >= 0.3 is 0 Å².